The Balaban J connectivity index is 1.42. The Morgan fingerprint density at radius 3 is 2.60 bits per heavy atom. The van der Waals surface area contributed by atoms with Crippen molar-refractivity contribution in [1.82, 2.24) is 10.3 Å². The monoisotopic (exact) mass is 466 g/mol. The number of nitrogens with one attached hydrogen (secondary N) is 1. The van der Waals surface area contributed by atoms with Crippen LogP contribution in [0.5, 0.6) is 5.75 Å². The van der Waals surface area contributed by atoms with Gasteiger partial charge in [-0.15, -0.1) is 0 Å². The van der Waals surface area contributed by atoms with Crippen LogP contribution in [0, 0.1) is 0 Å². The van der Waals surface area contributed by atoms with E-state index in [-0.39, 0.29) is 18.4 Å². The lowest BCUT2D eigenvalue weighted by molar-refractivity contribution is -0.137. The van der Waals surface area contributed by atoms with E-state index >= 15 is 0 Å². The number of carboxylic acids is 1. The molecule has 0 bridgehead atoms. The molecular formula is C29H26N2O4. The molecule has 35 heavy (non-hydrogen) atoms. The van der Waals surface area contributed by atoms with Crippen LogP contribution in [-0.4, -0.2) is 28.6 Å². The van der Waals surface area contributed by atoms with E-state index < -0.39 is 5.97 Å². The number of aromatic nitrogens is 1. The molecule has 0 saturated heterocycles. The van der Waals surface area contributed by atoms with Crippen LogP contribution in [-0.2, 0) is 11.2 Å². The second-order valence-electron chi connectivity index (χ2n) is 8.75. The largest absolute Gasteiger partial charge is 0.491 e. The van der Waals surface area contributed by atoms with E-state index in [2.05, 4.69) is 11.4 Å². The van der Waals surface area contributed by atoms with Crippen LogP contribution in [0.25, 0.3) is 22.2 Å². The van der Waals surface area contributed by atoms with Crippen LogP contribution >= 0.6 is 0 Å². The van der Waals surface area contributed by atoms with E-state index in [0.717, 1.165) is 45.5 Å². The number of carboxylic acid groups (broad SMARTS) is 1. The topological polar surface area (TPSA) is 88.5 Å². The predicted octanol–water partition coefficient (Wildman–Crippen LogP) is 5.56. The number of ether oxygens (including phenoxy) is 1. The second-order valence-corrected chi connectivity index (χ2v) is 8.75. The number of para-hydroxylation sites is 1. The van der Waals surface area contributed by atoms with E-state index in [1.165, 1.54) is 0 Å². The average Bonchev–Trinajstić information content (AvgIpc) is 3.29. The summed E-state index contributed by atoms with van der Waals surface area (Å²) >= 11 is 0. The highest BCUT2D eigenvalue weighted by atomic mass is 16.5. The van der Waals surface area contributed by atoms with E-state index in [0.29, 0.717) is 25.0 Å². The van der Waals surface area contributed by atoms with Crippen molar-refractivity contribution in [2.24, 2.45) is 0 Å². The molecule has 0 spiro atoms. The van der Waals surface area contributed by atoms with Gasteiger partial charge in [-0.05, 0) is 55.2 Å². The molecule has 2 N–H and O–H groups in total. The van der Waals surface area contributed by atoms with Gasteiger partial charge in [0, 0.05) is 28.5 Å². The number of nitrogens with zero attached hydrogens (tertiary/aromatic N) is 1. The molecule has 1 unspecified atom stereocenters. The van der Waals surface area contributed by atoms with Gasteiger partial charge in [-0.25, -0.2) is 4.98 Å². The highest BCUT2D eigenvalue weighted by Crippen LogP contribution is 2.32. The summed E-state index contributed by atoms with van der Waals surface area (Å²) in [5, 5.41) is 12.9. The Bertz CT molecular complexity index is 1380. The fourth-order valence-electron chi connectivity index (χ4n) is 4.51. The first-order valence-electron chi connectivity index (χ1n) is 11.8. The summed E-state index contributed by atoms with van der Waals surface area (Å²) in [6.07, 6.45) is 2.22. The lowest BCUT2D eigenvalue weighted by Crippen LogP contribution is -2.29. The molecule has 176 valence electrons. The minimum atomic E-state index is -0.782. The van der Waals surface area contributed by atoms with Gasteiger partial charge in [0.15, 0.2) is 0 Å². The number of carbonyl (C=O) groups excluding carboxylic acids is 1. The number of hydrogen-bond acceptors (Lipinski definition) is 4. The van der Waals surface area contributed by atoms with Crippen LogP contribution < -0.4 is 10.1 Å². The zero-order valence-corrected chi connectivity index (χ0v) is 19.2. The number of rotatable bonds is 8. The summed E-state index contributed by atoms with van der Waals surface area (Å²) < 4.78 is 5.69. The number of pyridine rings is 1. The standard InChI is InChI=1S/C29H26N2O4/c32-27(33)13-7-4-10-20-16-22-17-21(14-15-24(22)30-28(20)19-8-2-1-3-9-19)29(34)31-25-18-35-26-12-6-5-11-23(25)26/h1-3,5-6,8-9,11-12,14-17,25H,4,7,10,13,18H2,(H,31,34)(H,32,33). The number of aryl methyl sites for hydroxylation is 1. The number of fused-ring (bicyclic) bond motifs is 2. The molecule has 2 heterocycles. The first-order chi connectivity index (χ1) is 17.1. The van der Waals surface area contributed by atoms with Gasteiger partial charge < -0.3 is 15.2 Å². The maximum absolute atomic E-state index is 13.1. The average molecular weight is 467 g/mol. The summed E-state index contributed by atoms with van der Waals surface area (Å²) in [6.45, 7) is 0.418. The fraction of sp³-hybridized carbons (Fsp3) is 0.207. The molecule has 1 amide bonds. The van der Waals surface area contributed by atoms with Crippen molar-refractivity contribution in [1.29, 1.82) is 0 Å². The van der Waals surface area contributed by atoms with Crippen LogP contribution in [0.4, 0.5) is 0 Å². The third-order valence-electron chi connectivity index (χ3n) is 6.30. The molecule has 0 radical (unpaired) electrons. The number of unbranched alkanes of at least 4 members (excludes halogenated alkanes) is 1. The number of aliphatic carboxylic acids is 1. The minimum Gasteiger partial charge on any atom is -0.491 e. The Labute approximate surface area is 203 Å². The first-order valence-corrected chi connectivity index (χ1v) is 11.8. The fourth-order valence-corrected chi connectivity index (χ4v) is 4.51. The van der Waals surface area contributed by atoms with E-state index in [1.54, 1.807) is 6.07 Å². The SMILES string of the molecule is O=C(O)CCCCc1cc2cc(C(=O)NC3COc4ccccc43)ccc2nc1-c1ccccc1. The molecule has 3 aromatic carbocycles. The maximum atomic E-state index is 13.1. The first kappa shape index (κ1) is 22.6. The molecule has 1 aliphatic heterocycles. The Morgan fingerprint density at radius 1 is 0.971 bits per heavy atom. The third kappa shape index (κ3) is 5.01. The summed E-state index contributed by atoms with van der Waals surface area (Å²) in [4.78, 5) is 28.9. The molecule has 5 rings (SSSR count). The molecule has 0 aliphatic carbocycles. The molecule has 0 fully saturated rings. The molecule has 0 saturated carbocycles. The molecular weight excluding hydrogens is 440 g/mol. The summed E-state index contributed by atoms with van der Waals surface area (Å²) in [5.74, 6) is -0.135. The van der Waals surface area contributed by atoms with Gasteiger partial charge in [-0.3, -0.25) is 9.59 Å². The zero-order chi connectivity index (χ0) is 24.2. The number of benzene rings is 3. The Hall–Kier alpha value is -4.19. The van der Waals surface area contributed by atoms with Gasteiger partial charge in [0.25, 0.3) is 5.91 Å². The molecule has 1 atom stereocenters. The predicted molar refractivity (Wildman–Crippen MR) is 135 cm³/mol. The molecule has 1 aromatic heterocycles. The van der Waals surface area contributed by atoms with Crippen molar-refractivity contribution < 1.29 is 19.4 Å². The molecule has 6 heteroatoms. The lowest BCUT2D eigenvalue weighted by atomic mass is 9.98. The highest BCUT2D eigenvalue weighted by Gasteiger charge is 2.25. The summed E-state index contributed by atoms with van der Waals surface area (Å²) in [7, 11) is 0. The molecule has 1 aliphatic rings. The number of hydrogen-bond donors (Lipinski definition) is 2. The lowest BCUT2D eigenvalue weighted by Gasteiger charge is -2.14. The number of carbonyl (C=O) groups is 2. The zero-order valence-electron chi connectivity index (χ0n) is 19.2. The summed E-state index contributed by atoms with van der Waals surface area (Å²) in [6, 6.07) is 25.2. The van der Waals surface area contributed by atoms with Crippen molar-refractivity contribution in [3.63, 3.8) is 0 Å². The third-order valence-corrected chi connectivity index (χ3v) is 6.30. The van der Waals surface area contributed by atoms with Crippen molar-refractivity contribution in [2.75, 3.05) is 6.61 Å². The van der Waals surface area contributed by atoms with Crippen molar-refractivity contribution in [2.45, 2.75) is 31.7 Å². The van der Waals surface area contributed by atoms with Crippen molar-refractivity contribution >= 4 is 22.8 Å². The molecule has 6 nitrogen and oxygen atoms in total. The minimum absolute atomic E-state index is 0.153. The van der Waals surface area contributed by atoms with Crippen LogP contribution in [0.3, 0.4) is 0 Å². The van der Waals surface area contributed by atoms with E-state index in [4.69, 9.17) is 14.8 Å². The van der Waals surface area contributed by atoms with Gasteiger partial charge in [0.2, 0.25) is 0 Å². The van der Waals surface area contributed by atoms with Crippen LogP contribution in [0.1, 0.15) is 46.8 Å². The van der Waals surface area contributed by atoms with E-state index in [9.17, 15) is 9.59 Å². The van der Waals surface area contributed by atoms with E-state index in [1.807, 2.05) is 66.7 Å². The molecule has 4 aromatic rings. The Kier molecular flexibility index (Phi) is 6.44. The highest BCUT2D eigenvalue weighted by molar-refractivity contribution is 5.98. The number of amides is 1. The maximum Gasteiger partial charge on any atom is 0.303 e. The second kappa shape index (κ2) is 9.97. The smallest absolute Gasteiger partial charge is 0.303 e. The van der Waals surface area contributed by atoms with Crippen molar-refractivity contribution in [3.05, 3.63) is 95.6 Å². The Morgan fingerprint density at radius 2 is 1.77 bits per heavy atom. The van der Waals surface area contributed by atoms with Crippen molar-refractivity contribution in [3.8, 4) is 17.0 Å². The van der Waals surface area contributed by atoms with Gasteiger partial charge in [-0.2, -0.15) is 0 Å². The van der Waals surface area contributed by atoms with Gasteiger partial charge >= 0.3 is 5.97 Å². The normalized spacial score (nSPS) is 14.3. The van der Waals surface area contributed by atoms with Gasteiger partial charge in [0.05, 0.1) is 17.3 Å². The van der Waals surface area contributed by atoms with Gasteiger partial charge in [-0.1, -0.05) is 48.5 Å². The summed E-state index contributed by atoms with van der Waals surface area (Å²) in [5.41, 5.74) is 5.32. The quantitative estimate of drug-likeness (QED) is 0.332. The van der Waals surface area contributed by atoms with Crippen LogP contribution in [0.15, 0.2) is 78.9 Å². The van der Waals surface area contributed by atoms with Crippen LogP contribution in [0.2, 0.25) is 0 Å². The van der Waals surface area contributed by atoms with Gasteiger partial charge in [0.1, 0.15) is 12.4 Å².